The summed E-state index contributed by atoms with van der Waals surface area (Å²) in [4.78, 5) is 13.1. The average Bonchev–Trinajstić information content (AvgIpc) is 3.63. The van der Waals surface area contributed by atoms with E-state index in [0.717, 1.165) is 34.5 Å². The number of hydrogen-bond acceptors (Lipinski definition) is 4. The summed E-state index contributed by atoms with van der Waals surface area (Å²) in [5.41, 5.74) is 5.63. The third kappa shape index (κ3) is 3.17. The molecule has 2 bridgehead atoms. The van der Waals surface area contributed by atoms with Gasteiger partial charge in [0.15, 0.2) is 11.5 Å². The summed E-state index contributed by atoms with van der Waals surface area (Å²) in [6.45, 7) is 0.709. The van der Waals surface area contributed by atoms with Crippen molar-refractivity contribution in [3.63, 3.8) is 0 Å². The molecule has 0 spiro atoms. The van der Waals surface area contributed by atoms with Gasteiger partial charge in [-0.15, -0.1) is 0 Å². The van der Waals surface area contributed by atoms with Crippen LogP contribution in [0.15, 0.2) is 66.7 Å². The fourth-order valence-corrected chi connectivity index (χ4v) is 6.95. The SMILES string of the molecule is O=C(NCc1ccc2c(c1)OCO2)c1ccc2c(c1)[C@H]1[C@H]3CC[C@H](C3)[C@H]1[C@@H](c1ccccc1)N2. The van der Waals surface area contributed by atoms with Crippen LogP contribution >= 0.6 is 0 Å². The second-order valence-corrected chi connectivity index (χ2v) is 10.1. The van der Waals surface area contributed by atoms with Crippen LogP contribution in [0.25, 0.3) is 0 Å². The van der Waals surface area contributed by atoms with Gasteiger partial charge in [0.2, 0.25) is 6.79 Å². The molecule has 0 aromatic heterocycles. The summed E-state index contributed by atoms with van der Waals surface area (Å²) in [7, 11) is 0. The maximum atomic E-state index is 13.1. The van der Waals surface area contributed by atoms with E-state index in [0.29, 0.717) is 24.4 Å². The number of rotatable bonds is 4. The van der Waals surface area contributed by atoms with E-state index >= 15 is 0 Å². The lowest BCUT2D eigenvalue weighted by Gasteiger charge is -2.43. The monoisotopic (exact) mass is 452 g/mol. The summed E-state index contributed by atoms with van der Waals surface area (Å²) in [5.74, 6) is 4.08. The van der Waals surface area contributed by atoms with E-state index in [-0.39, 0.29) is 12.7 Å². The molecule has 2 aliphatic heterocycles. The smallest absolute Gasteiger partial charge is 0.251 e. The first-order valence-corrected chi connectivity index (χ1v) is 12.4. The van der Waals surface area contributed by atoms with Gasteiger partial charge in [0.1, 0.15) is 0 Å². The van der Waals surface area contributed by atoms with Crippen molar-refractivity contribution < 1.29 is 14.3 Å². The molecule has 2 heterocycles. The summed E-state index contributed by atoms with van der Waals surface area (Å²) in [6, 6.07) is 23.2. The van der Waals surface area contributed by atoms with Crippen molar-refractivity contribution in [2.45, 2.75) is 37.8 Å². The zero-order chi connectivity index (χ0) is 22.6. The molecular formula is C29H28N2O3. The molecule has 7 rings (SSSR count). The number of fused-ring (bicyclic) bond motifs is 8. The number of anilines is 1. The Kier molecular flexibility index (Phi) is 4.57. The molecule has 0 unspecified atom stereocenters. The molecule has 5 heteroatoms. The molecule has 2 fully saturated rings. The standard InChI is InChI=1S/C29H28N2O3/c32-29(30-15-17-6-11-24-25(12-17)34-16-33-24)21-9-10-23-22(14-21)26-19-7-8-20(13-19)27(26)28(31-23)18-4-2-1-3-5-18/h1-6,9-12,14,19-20,26-28,31H,7-8,13,15-16H2,(H,30,32)/t19-,20+,26+,27+,28+/m0/s1. The topological polar surface area (TPSA) is 59.6 Å². The van der Waals surface area contributed by atoms with Crippen molar-refractivity contribution in [1.29, 1.82) is 0 Å². The number of carbonyl (C=O) groups is 1. The van der Waals surface area contributed by atoms with Crippen LogP contribution in [0.5, 0.6) is 11.5 Å². The molecule has 0 radical (unpaired) electrons. The Bertz CT molecular complexity index is 1260. The van der Waals surface area contributed by atoms with Gasteiger partial charge in [-0.3, -0.25) is 4.79 Å². The molecular weight excluding hydrogens is 424 g/mol. The normalized spacial score (nSPS) is 27.6. The van der Waals surface area contributed by atoms with Gasteiger partial charge >= 0.3 is 0 Å². The Morgan fingerprint density at radius 3 is 2.71 bits per heavy atom. The predicted molar refractivity (Wildman–Crippen MR) is 130 cm³/mol. The second kappa shape index (κ2) is 7.79. The lowest BCUT2D eigenvalue weighted by molar-refractivity contribution is 0.0950. The highest BCUT2D eigenvalue weighted by Crippen LogP contribution is 2.63. The van der Waals surface area contributed by atoms with Gasteiger partial charge in [0.05, 0.1) is 6.04 Å². The first-order chi connectivity index (χ1) is 16.7. The number of nitrogens with one attached hydrogen (secondary N) is 2. The Hall–Kier alpha value is -3.47. The van der Waals surface area contributed by atoms with Crippen LogP contribution in [-0.4, -0.2) is 12.7 Å². The highest BCUT2D eigenvalue weighted by Gasteiger charge is 2.53. The maximum Gasteiger partial charge on any atom is 0.251 e. The summed E-state index contributed by atoms with van der Waals surface area (Å²) in [5, 5.41) is 6.95. The van der Waals surface area contributed by atoms with E-state index in [1.165, 1.54) is 36.1 Å². The van der Waals surface area contributed by atoms with Crippen LogP contribution in [0.1, 0.15) is 58.3 Å². The fraction of sp³-hybridized carbons (Fsp3) is 0.345. The number of ether oxygens (including phenoxy) is 2. The summed E-state index contributed by atoms with van der Waals surface area (Å²) < 4.78 is 10.8. The lowest BCUT2D eigenvalue weighted by Crippen LogP contribution is -2.35. The van der Waals surface area contributed by atoms with E-state index < -0.39 is 0 Å². The summed E-state index contributed by atoms with van der Waals surface area (Å²) >= 11 is 0. The van der Waals surface area contributed by atoms with Gasteiger partial charge in [-0.25, -0.2) is 0 Å². The Labute approximate surface area is 199 Å². The molecule has 172 valence electrons. The molecule has 2 aliphatic carbocycles. The third-order valence-corrected chi connectivity index (χ3v) is 8.40. The largest absolute Gasteiger partial charge is 0.454 e. The minimum absolute atomic E-state index is 0.0367. The third-order valence-electron chi connectivity index (χ3n) is 8.40. The Balaban J connectivity index is 1.15. The minimum atomic E-state index is -0.0367. The van der Waals surface area contributed by atoms with E-state index in [9.17, 15) is 4.79 Å². The van der Waals surface area contributed by atoms with Gasteiger partial charge < -0.3 is 20.1 Å². The number of benzene rings is 3. The molecule has 5 nitrogen and oxygen atoms in total. The molecule has 34 heavy (non-hydrogen) atoms. The van der Waals surface area contributed by atoms with E-state index in [1.807, 2.05) is 24.3 Å². The highest BCUT2D eigenvalue weighted by atomic mass is 16.7. The number of amides is 1. The average molecular weight is 453 g/mol. The van der Waals surface area contributed by atoms with Gasteiger partial charge in [-0.1, -0.05) is 36.4 Å². The zero-order valence-corrected chi connectivity index (χ0v) is 19.0. The molecule has 5 atom stereocenters. The molecule has 1 amide bonds. The van der Waals surface area contributed by atoms with Gasteiger partial charge in [0, 0.05) is 17.8 Å². The van der Waals surface area contributed by atoms with Gasteiger partial charge in [-0.2, -0.15) is 0 Å². The molecule has 2 saturated carbocycles. The number of carbonyl (C=O) groups excluding carboxylic acids is 1. The van der Waals surface area contributed by atoms with Crippen molar-refractivity contribution in [2.24, 2.45) is 17.8 Å². The second-order valence-electron chi connectivity index (χ2n) is 10.1. The first kappa shape index (κ1) is 20.0. The van der Waals surface area contributed by atoms with Gasteiger partial charge in [-0.05, 0) is 90.0 Å². The van der Waals surface area contributed by atoms with Crippen molar-refractivity contribution in [3.05, 3.63) is 89.0 Å². The molecule has 2 N–H and O–H groups in total. The Morgan fingerprint density at radius 1 is 0.941 bits per heavy atom. The maximum absolute atomic E-state index is 13.1. The number of hydrogen-bond donors (Lipinski definition) is 2. The quantitative estimate of drug-likeness (QED) is 0.538. The van der Waals surface area contributed by atoms with E-state index in [4.69, 9.17) is 9.47 Å². The van der Waals surface area contributed by atoms with Crippen molar-refractivity contribution in [1.82, 2.24) is 5.32 Å². The van der Waals surface area contributed by atoms with Crippen LogP contribution in [0.4, 0.5) is 5.69 Å². The van der Waals surface area contributed by atoms with Gasteiger partial charge in [0.25, 0.3) is 5.91 Å². The minimum Gasteiger partial charge on any atom is -0.454 e. The van der Waals surface area contributed by atoms with Crippen molar-refractivity contribution in [3.8, 4) is 11.5 Å². The molecule has 4 aliphatic rings. The van der Waals surface area contributed by atoms with E-state index in [2.05, 4.69) is 53.1 Å². The highest BCUT2D eigenvalue weighted by molar-refractivity contribution is 5.95. The zero-order valence-electron chi connectivity index (χ0n) is 19.0. The van der Waals surface area contributed by atoms with Crippen molar-refractivity contribution in [2.75, 3.05) is 12.1 Å². The van der Waals surface area contributed by atoms with Crippen LogP contribution in [-0.2, 0) is 6.54 Å². The summed E-state index contributed by atoms with van der Waals surface area (Å²) in [6.07, 6.45) is 3.97. The van der Waals surface area contributed by atoms with Crippen LogP contribution in [0.3, 0.4) is 0 Å². The first-order valence-electron chi connectivity index (χ1n) is 12.4. The van der Waals surface area contributed by atoms with Crippen LogP contribution in [0, 0.1) is 17.8 Å². The van der Waals surface area contributed by atoms with Crippen LogP contribution in [0.2, 0.25) is 0 Å². The Morgan fingerprint density at radius 2 is 1.79 bits per heavy atom. The molecule has 3 aromatic carbocycles. The lowest BCUT2D eigenvalue weighted by atomic mass is 9.68. The predicted octanol–water partition coefficient (Wildman–Crippen LogP) is 5.64. The molecule has 0 saturated heterocycles. The molecule has 3 aromatic rings. The fourth-order valence-electron chi connectivity index (χ4n) is 6.95. The van der Waals surface area contributed by atoms with Crippen LogP contribution < -0.4 is 20.1 Å². The van der Waals surface area contributed by atoms with E-state index in [1.54, 1.807) is 0 Å². The van der Waals surface area contributed by atoms with Crippen molar-refractivity contribution >= 4 is 11.6 Å².